The van der Waals surface area contributed by atoms with Gasteiger partial charge < -0.3 is 20.1 Å². The fraction of sp³-hybridized carbons (Fsp3) is 0.278. The summed E-state index contributed by atoms with van der Waals surface area (Å²) in [5, 5.41) is 34.0. The minimum Gasteiger partial charge on any atom is -0.733 e. The van der Waals surface area contributed by atoms with Crippen molar-refractivity contribution in [2.75, 3.05) is 11.8 Å². The van der Waals surface area contributed by atoms with E-state index in [-0.39, 0.29) is 17.0 Å². The topological polar surface area (TPSA) is 122 Å². The third kappa shape index (κ3) is 3.81. The van der Waals surface area contributed by atoms with Gasteiger partial charge in [-0.15, -0.1) is 0 Å². The van der Waals surface area contributed by atoms with Crippen LogP contribution in [-0.4, -0.2) is 43.0 Å². The van der Waals surface area contributed by atoms with Crippen LogP contribution >= 0.6 is 0 Å². The molecule has 1 aliphatic heterocycles. The summed E-state index contributed by atoms with van der Waals surface area (Å²) in [5.74, 6) is 0.725. The molecular formula is C18H18N5O4-. The molecule has 0 amide bonds. The first kappa shape index (κ1) is 17.6. The van der Waals surface area contributed by atoms with E-state index in [4.69, 9.17) is 9.73 Å². The first-order chi connectivity index (χ1) is 13.1. The highest BCUT2D eigenvalue weighted by molar-refractivity contribution is 5.62. The predicted octanol–water partition coefficient (Wildman–Crippen LogP) is 2.13. The SMILES string of the molecule is [O-]N(O)c1cccc(-c2noc(C3CC(O)CN3Cc3ccncc3)n2)c1. The molecule has 2 atom stereocenters. The number of pyridine rings is 1. The van der Waals surface area contributed by atoms with Gasteiger partial charge in [0, 0.05) is 31.0 Å². The number of hydrogen-bond acceptors (Lipinski definition) is 9. The Morgan fingerprint density at radius 1 is 1.26 bits per heavy atom. The zero-order valence-electron chi connectivity index (χ0n) is 14.3. The lowest BCUT2D eigenvalue weighted by molar-refractivity contribution is 0.169. The van der Waals surface area contributed by atoms with Gasteiger partial charge in [0.1, 0.15) is 0 Å². The molecule has 27 heavy (non-hydrogen) atoms. The molecular weight excluding hydrogens is 350 g/mol. The van der Waals surface area contributed by atoms with E-state index in [0.29, 0.717) is 36.8 Å². The quantitative estimate of drug-likeness (QED) is 0.652. The lowest BCUT2D eigenvalue weighted by Gasteiger charge is -2.21. The largest absolute Gasteiger partial charge is 0.733 e. The van der Waals surface area contributed by atoms with Crippen LogP contribution in [0.1, 0.15) is 23.9 Å². The first-order valence-electron chi connectivity index (χ1n) is 8.51. The molecule has 0 radical (unpaired) electrons. The number of hydrogen-bond donors (Lipinski definition) is 2. The van der Waals surface area contributed by atoms with E-state index in [1.54, 1.807) is 24.5 Å². The Balaban J connectivity index is 1.57. The number of anilines is 1. The summed E-state index contributed by atoms with van der Waals surface area (Å²) in [7, 11) is 0. The van der Waals surface area contributed by atoms with Crippen molar-refractivity contribution in [1.82, 2.24) is 20.0 Å². The molecule has 2 N–H and O–H groups in total. The highest BCUT2D eigenvalue weighted by Crippen LogP contribution is 2.33. The molecule has 4 rings (SSSR count). The standard InChI is InChI=1S/C18H18N5O4/c24-15-9-16(22(11-15)10-12-4-6-19-7-5-12)18-20-17(21-27-18)13-2-1-3-14(8-13)23(25)26/h1-8,15-16,24-25H,9-11H2/q-1. The number of aliphatic hydroxyl groups is 1. The van der Waals surface area contributed by atoms with Crippen molar-refractivity contribution in [2.24, 2.45) is 0 Å². The number of aromatic nitrogens is 3. The fourth-order valence-electron chi connectivity index (χ4n) is 3.29. The average Bonchev–Trinajstić information content (AvgIpc) is 3.29. The van der Waals surface area contributed by atoms with Gasteiger partial charge in [0.25, 0.3) is 0 Å². The van der Waals surface area contributed by atoms with Crippen LogP contribution in [-0.2, 0) is 6.54 Å². The smallest absolute Gasteiger partial charge is 0.244 e. The lowest BCUT2D eigenvalue weighted by atomic mass is 10.1. The lowest BCUT2D eigenvalue weighted by Crippen LogP contribution is -2.24. The third-order valence-electron chi connectivity index (χ3n) is 4.57. The minimum atomic E-state index is -0.473. The van der Waals surface area contributed by atoms with Gasteiger partial charge in [-0.1, -0.05) is 17.3 Å². The summed E-state index contributed by atoms with van der Waals surface area (Å²) in [4.78, 5) is 10.5. The Morgan fingerprint density at radius 3 is 2.85 bits per heavy atom. The molecule has 9 heteroatoms. The van der Waals surface area contributed by atoms with Crippen molar-refractivity contribution in [3.8, 4) is 11.4 Å². The number of likely N-dealkylation sites (tertiary alicyclic amines) is 1. The second-order valence-corrected chi connectivity index (χ2v) is 6.47. The van der Waals surface area contributed by atoms with E-state index < -0.39 is 6.10 Å². The van der Waals surface area contributed by atoms with E-state index in [0.717, 1.165) is 5.56 Å². The molecule has 0 aliphatic carbocycles. The van der Waals surface area contributed by atoms with E-state index in [1.165, 1.54) is 12.1 Å². The maximum atomic E-state index is 11.1. The van der Waals surface area contributed by atoms with Crippen LogP contribution in [0.3, 0.4) is 0 Å². The van der Waals surface area contributed by atoms with Gasteiger partial charge in [0.2, 0.25) is 11.7 Å². The van der Waals surface area contributed by atoms with Gasteiger partial charge in [0.15, 0.2) is 0 Å². The highest BCUT2D eigenvalue weighted by Gasteiger charge is 2.35. The van der Waals surface area contributed by atoms with Crippen LogP contribution < -0.4 is 5.23 Å². The summed E-state index contributed by atoms with van der Waals surface area (Å²) in [6, 6.07) is 9.94. The van der Waals surface area contributed by atoms with Crippen molar-refractivity contribution in [2.45, 2.75) is 25.1 Å². The van der Waals surface area contributed by atoms with Gasteiger partial charge in [-0.2, -0.15) is 4.98 Å². The van der Waals surface area contributed by atoms with E-state index in [2.05, 4.69) is 20.0 Å². The van der Waals surface area contributed by atoms with Crippen molar-refractivity contribution in [3.63, 3.8) is 0 Å². The van der Waals surface area contributed by atoms with Gasteiger partial charge in [-0.3, -0.25) is 15.1 Å². The Bertz CT molecular complexity index is 902. The predicted molar refractivity (Wildman–Crippen MR) is 95.4 cm³/mol. The van der Waals surface area contributed by atoms with Crippen molar-refractivity contribution < 1.29 is 14.8 Å². The Hall–Kier alpha value is -2.85. The molecule has 2 aromatic heterocycles. The van der Waals surface area contributed by atoms with Crippen LogP contribution in [0, 0.1) is 5.21 Å². The zero-order chi connectivity index (χ0) is 18.8. The molecule has 0 saturated carbocycles. The van der Waals surface area contributed by atoms with Gasteiger partial charge >= 0.3 is 0 Å². The minimum absolute atomic E-state index is 0.0782. The van der Waals surface area contributed by atoms with Crippen LogP contribution in [0.5, 0.6) is 0 Å². The number of nitrogens with zero attached hydrogens (tertiary/aromatic N) is 5. The number of aliphatic hydroxyl groups excluding tert-OH is 1. The van der Waals surface area contributed by atoms with E-state index >= 15 is 0 Å². The second kappa shape index (κ2) is 7.41. The van der Waals surface area contributed by atoms with Crippen molar-refractivity contribution in [1.29, 1.82) is 0 Å². The zero-order valence-corrected chi connectivity index (χ0v) is 14.3. The summed E-state index contributed by atoms with van der Waals surface area (Å²) < 4.78 is 5.44. The fourth-order valence-corrected chi connectivity index (χ4v) is 3.29. The highest BCUT2D eigenvalue weighted by atomic mass is 16.8. The summed E-state index contributed by atoms with van der Waals surface area (Å²) in [6.07, 6.45) is 3.49. The maximum absolute atomic E-state index is 11.1. The molecule has 3 aromatic rings. The van der Waals surface area contributed by atoms with Crippen LogP contribution in [0.25, 0.3) is 11.4 Å². The van der Waals surface area contributed by atoms with Gasteiger partial charge in [0.05, 0.1) is 17.8 Å². The van der Waals surface area contributed by atoms with Gasteiger partial charge in [-0.05, 0) is 36.2 Å². The third-order valence-corrected chi connectivity index (χ3v) is 4.57. The molecule has 1 aromatic carbocycles. The average molecular weight is 368 g/mol. The van der Waals surface area contributed by atoms with Crippen LogP contribution in [0.15, 0.2) is 53.3 Å². The number of β-amino-alcohol motifs (C(OH)–C–C–N with tert-alkyl or cyclic N) is 1. The van der Waals surface area contributed by atoms with Crippen LogP contribution in [0.4, 0.5) is 5.69 Å². The molecule has 1 aliphatic rings. The molecule has 0 bridgehead atoms. The van der Waals surface area contributed by atoms with Gasteiger partial charge in [-0.25, -0.2) is 0 Å². The molecule has 3 heterocycles. The number of rotatable bonds is 5. The molecule has 140 valence electrons. The molecule has 0 spiro atoms. The second-order valence-electron chi connectivity index (χ2n) is 6.47. The summed E-state index contributed by atoms with van der Waals surface area (Å²) >= 11 is 0. The van der Waals surface area contributed by atoms with E-state index in [9.17, 15) is 10.3 Å². The summed E-state index contributed by atoms with van der Waals surface area (Å²) in [5.41, 5.74) is 1.71. The Kier molecular flexibility index (Phi) is 4.82. The molecule has 2 unspecified atom stereocenters. The number of benzene rings is 1. The molecule has 1 fully saturated rings. The summed E-state index contributed by atoms with van der Waals surface area (Å²) in [6.45, 7) is 1.14. The Morgan fingerprint density at radius 2 is 2.07 bits per heavy atom. The molecule has 1 saturated heterocycles. The van der Waals surface area contributed by atoms with E-state index in [1.807, 2.05) is 12.1 Å². The molecule has 9 nitrogen and oxygen atoms in total. The first-order valence-corrected chi connectivity index (χ1v) is 8.51. The maximum Gasteiger partial charge on any atom is 0.244 e. The Labute approximate surface area is 155 Å². The normalized spacial score (nSPS) is 20.1. The van der Waals surface area contributed by atoms with Crippen molar-refractivity contribution in [3.05, 3.63) is 65.5 Å². The van der Waals surface area contributed by atoms with Crippen molar-refractivity contribution >= 4 is 5.69 Å². The monoisotopic (exact) mass is 368 g/mol. The van der Waals surface area contributed by atoms with Crippen LogP contribution in [0.2, 0.25) is 0 Å².